The lowest BCUT2D eigenvalue weighted by molar-refractivity contribution is -0.234. The topological polar surface area (TPSA) is 72.8 Å². The molecule has 1 aromatic carbocycles. The van der Waals surface area contributed by atoms with Crippen LogP contribution >= 0.6 is 0 Å². The number of benzene rings is 1. The summed E-state index contributed by atoms with van der Waals surface area (Å²) < 4.78 is 10.5. The highest BCUT2D eigenvalue weighted by Crippen LogP contribution is 2.31. The molecule has 0 spiro atoms. The lowest BCUT2D eigenvalue weighted by Gasteiger charge is -2.39. The summed E-state index contributed by atoms with van der Waals surface area (Å²) in [6.45, 7) is 1.62. The first-order valence-electron chi connectivity index (χ1n) is 6.99. The number of carbonyl (C=O) groups excluding carboxylic acids is 2. The smallest absolute Gasteiger partial charge is 0.174 e. The van der Waals surface area contributed by atoms with Gasteiger partial charge in [-0.05, 0) is 13.3 Å². The fourth-order valence-corrected chi connectivity index (χ4v) is 2.51. The zero-order chi connectivity index (χ0) is 15.5. The van der Waals surface area contributed by atoms with Gasteiger partial charge in [-0.3, -0.25) is 9.59 Å². The summed E-state index contributed by atoms with van der Waals surface area (Å²) in [6.07, 6.45) is -0.799. The molecule has 3 atom stereocenters. The maximum absolute atomic E-state index is 12.3. The Bertz CT molecular complexity index is 513. The van der Waals surface area contributed by atoms with E-state index >= 15 is 0 Å². The number of ketones is 2. The van der Waals surface area contributed by atoms with Crippen LogP contribution in [-0.4, -0.2) is 41.8 Å². The number of aliphatic hydroxyl groups is 1. The highest BCUT2D eigenvalue weighted by atomic mass is 16.7. The second kappa shape index (κ2) is 6.47. The van der Waals surface area contributed by atoms with E-state index in [4.69, 9.17) is 9.47 Å². The Morgan fingerprint density at radius 1 is 1.38 bits per heavy atom. The van der Waals surface area contributed by atoms with E-state index in [9.17, 15) is 14.7 Å². The number of rotatable bonds is 5. The minimum absolute atomic E-state index is 0.230. The predicted molar refractivity (Wildman–Crippen MR) is 75.9 cm³/mol. The molecule has 5 heteroatoms. The van der Waals surface area contributed by atoms with Crippen molar-refractivity contribution in [3.8, 4) is 0 Å². The number of Topliss-reactive ketones (excluding diaryl/α,β-unsaturated/α-hetero) is 2. The van der Waals surface area contributed by atoms with Crippen LogP contribution in [0.25, 0.3) is 0 Å². The van der Waals surface area contributed by atoms with Crippen molar-refractivity contribution in [2.75, 3.05) is 7.11 Å². The zero-order valence-corrected chi connectivity index (χ0v) is 12.2. The van der Waals surface area contributed by atoms with Crippen LogP contribution in [0.15, 0.2) is 30.3 Å². The first-order chi connectivity index (χ1) is 9.97. The van der Waals surface area contributed by atoms with Crippen LogP contribution in [0, 0.1) is 0 Å². The summed E-state index contributed by atoms with van der Waals surface area (Å²) in [4.78, 5) is 24.4. The normalized spacial score (nSPS) is 29.1. The average molecular weight is 292 g/mol. The van der Waals surface area contributed by atoms with Crippen LogP contribution in [0.1, 0.15) is 36.5 Å². The third-order valence-electron chi connectivity index (χ3n) is 3.95. The van der Waals surface area contributed by atoms with Crippen molar-refractivity contribution in [2.24, 2.45) is 0 Å². The molecule has 5 nitrogen and oxygen atoms in total. The molecule has 1 N–H and O–H groups in total. The van der Waals surface area contributed by atoms with Crippen molar-refractivity contribution in [2.45, 2.75) is 44.2 Å². The number of hydrogen-bond donors (Lipinski definition) is 1. The fraction of sp³-hybridized carbons (Fsp3) is 0.500. The quantitative estimate of drug-likeness (QED) is 0.661. The van der Waals surface area contributed by atoms with Crippen molar-refractivity contribution in [3.63, 3.8) is 0 Å². The molecule has 0 aromatic heterocycles. The molecule has 0 aliphatic carbocycles. The lowest BCUT2D eigenvalue weighted by Crippen LogP contribution is -2.54. The second-order valence-electron chi connectivity index (χ2n) is 5.30. The van der Waals surface area contributed by atoms with Gasteiger partial charge >= 0.3 is 0 Å². The third-order valence-corrected chi connectivity index (χ3v) is 3.95. The summed E-state index contributed by atoms with van der Waals surface area (Å²) in [5.74, 6) is -0.798. The summed E-state index contributed by atoms with van der Waals surface area (Å²) in [5, 5.41) is 10.5. The van der Waals surface area contributed by atoms with Gasteiger partial charge in [-0.25, -0.2) is 0 Å². The van der Waals surface area contributed by atoms with Crippen LogP contribution in [0.4, 0.5) is 0 Å². The highest BCUT2D eigenvalue weighted by molar-refractivity contribution is 6.10. The fourth-order valence-electron chi connectivity index (χ4n) is 2.51. The summed E-state index contributed by atoms with van der Waals surface area (Å²) in [6, 6.07) is 8.58. The van der Waals surface area contributed by atoms with Crippen molar-refractivity contribution in [1.82, 2.24) is 0 Å². The molecule has 0 amide bonds. The largest absolute Gasteiger partial charge is 0.379 e. The Balaban J connectivity index is 2.04. The standard InChI is InChI=1S/C16H20O5/c1-11-16(19,9-8-15(20-2)21-11)14(18)10-13(17)12-6-4-3-5-7-12/h3-7,11,15,19H,8-10H2,1-2H3/t11-,15-,16-/m1/s1. The molecule has 1 aromatic rings. The van der Waals surface area contributed by atoms with E-state index in [1.807, 2.05) is 0 Å². The Labute approximate surface area is 123 Å². The van der Waals surface area contributed by atoms with Crippen molar-refractivity contribution in [3.05, 3.63) is 35.9 Å². The van der Waals surface area contributed by atoms with Crippen LogP contribution in [0.3, 0.4) is 0 Å². The molecule has 1 aliphatic heterocycles. The van der Waals surface area contributed by atoms with Crippen molar-refractivity contribution >= 4 is 11.6 Å². The molecule has 0 saturated carbocycles. The minimum atomic E-state index is -1.63. The van der Waals surface area contributed by atoms with E-state index < -0.39 is 23.8 Å². The van der Waals surface area contributed by atoms with Gasteiger partial charge in [0.15, 0.2) is 17.9 Å². The molecule has 1 aliphatic rings. The molecule has 21 heavy (non-hydrogen) atoms. The number of hydrogen-bond acceptors (Lipinski definition) is 5. The molecule has 114 valence electrons. The Hall–Kier alpha value is -1.56. The number of methoxy groups -OCH3 is 1. The van der Waals surface area contributed by atoms with Gasteiger partial charge < -0.3 is 14.6 Å². The first kappa shape index (κ1) is 15.8. The molecule has 1 heterocycles. The second-order valence-corrected chi connectivity index (χ2v) is 5.30. The Morgan fingerprint density at radius 3 is 2.62 bits per heavy atom. The molecular formula is C16H20O5. The SMILES string of the molecule is CO[C@H]1CC[C@](O)(C(=O)CC(=O)c2ccccc2)[C@@H](C)O1. The zero-order valence-electron chi connectivity index (χ0n) is 12.2. The molecule has 2 rings (SSSR count). The predicted octanol–water partition coefficient (Wildman–Crippen LogP) is 1.73. The maximum Gasteiger partial charge on any atom is 0.174 e. The van der Waals surface area contributed by atoms with E-state index in [1.54, 1.807) is 37.3 Å². The van der Waals surface area contributed by atoms with Gasteiger partial charge in [0.05, 0.1) is 12.5 Å². The Kier molecular flexibility index (Phi) is 4.88. The molecule has 0 unspecified atom stereocenters. The summed E-state index contributed by atoms with van der Waals surface area (Å²) in [5.41, 5.74) is -1.16. The molecule has 0 radical (unpaired) electrons. The first-order valence-corrected chi connectivity index (χ1v) is 6.99. The van der Waals surface area contributed by atoms with E-state index in [0.29, 0.717) is 12.0 Å². The monoisotopic (exact) mass is 292 g/mol. The van der Waals surface area contributed by atoms with Gasteiger partial charge in [0.25, 0.3) is 0 Å². The molecular weight excluding hydrogens is 272 g/mol. The van der Waals surface area contributed by atoms with Gasteiger partial charge in [0.1, 0.15) is 5.60 Å². The van der Waals surface area contributed by atoms with E-state index in [0.717, 1.165) is 0 Å². The van der Waals surface area contributed by atoms with Crippen LogP contribution < -0.4 is 0 Å². The Morgan fingerprint density at radius 2 is 2.05 bits per heavy atom. The summed E-state index contributed by atoms with van der Waals surface area (Å²) >= 11 is 0. The van der Waals surface area contributed by atoms with Gasteiger partial charge in [0, 0.05) is 19.1 Å². The van der Waals surface area contributed by atoms with Crippen molar-refractivity contribution in [1.29, 1.82) is 0 Å². The van der Waals surface area contributed by atoms with E-state index in [-0.39, 0.29) is 18.6 Å². The average Bonchev–Trinajstić information content (AvgIpc) is 2.50. The maximum atomic E-state index is 12.3. The van der Waals surface area contributed by atoms with Crippen LogP contribution in [0.2, 0.25) is 0 Å². The minimum Gasteiger partial charge on any atom is -0.379 e. The molecule has 0 bridgehead atoms. The molecule has 1 fully saturated rings. The van der Waals surface area contributed by atoms with Gasteiger partial charge in [-0.15, -0.1) is 0 Å². The van der Waals surface area contributed by atoms with Crippen molar-refractivity contribution < 1.29 is 24.2 Å². The number of ether oxygens (including phenoxy) is 2. The van der Waals surface area contributed by atoms with E-state index in [1.165, 1.54) is 7.11 Å². The lowest BCUT2D eigenvalue weighted by atomic mass is 9.83. The third kappa shape index (κ3) is 3.37. The van der Waals surface area contributed by atoms with E-state index in [2.05, 4.69) is 0 Å². The van der Waals surface area contributed by atoms with Gasteiger partial charge in [-0.2, -0.15) is 0 Å². The summed E-state index contributed by atoms with van der Waals surface area (Å²) in [7, 11) is 1.52. The van der Waals surface area contributed by atoms with Gasteiger partial charge in [0.2, 0.25) is 0 Å². The van der Waals surface area contributed by atoms with Gasteiger partial charge in [-0.1, -0.05) is 30.3 Å². The number of carbonyl (C=O) groups is 2. The van der Waals surface area contributed by atoms with Crippen LogP contribution in [-0.2, 0) is 14.3 Å². The van der Waals surface area contributed by atoms with Crippen LogP contribution in [0.5, 0.6) is 0 Å². The molecule has 1 saturated heterocycles. The highest BCUT2D eigenvalue weighted by Gasteiger charge is 2.46.